The van der Waals surface area contributed by atoms with Gasteiger partial charge in [-0.05, 0) is 55.3 Å². The highest BCUT2D eigenvalue weighted by molar-refractivity contribution is 6.02. The van der Waals surface area contributed by atoms with E-state index in [4.69, 9.17) is 10.5 Å². The molecule has 0 aliphatic carbocycles. The number of anilines is 2. The topological polar surface area (TPSA) is 111 Å². The fourth-order valence-corrected chi connectivity index (χ4v) is 2.07. The molecule has 0 atom stereocenters. The Balaban J connectivity index is 1.85. The minimum atomic E-state index is -0.896. The molecule has 0 fully saturated rings. The van der Waals surface area contributed by atoms with Crippen LogP contribution in [0, 0.1) is 19.7 Å². The lowest BCUT2D eigenvalue weighted by Crippen LogP contribution is -2.37. The Morgan fingerprint density at radius 1 is 1.08 bits per heavy atom. The summed E-state index contributed by atoms with van der Waals surface area (Å²) in [5.41, 5.74) is 7.91. The van der Waals surface area contributed by atoms with E-state index in [0.717, 1.165) is 29.3 Å². The lowest BCUT2D eigenvalue weighted by Gasteiger charge is -2.09. The van der Waals surface area contributed by atoms with Crippen LogP contribution in [0.2, 0.25) is 0 Å². The number of urea groups is 1. The molecule has 0 aromatic heterocycles. The van der Waals surface area contributed by atoms with E-state index in [1.54, 1.807) is 12.1 Å². The van der Waals surface area contributed by atoms with Crippen LogP contribution >= 0.6 is 0 Å². The predicted octanol–water partition coefficient (Wildman–Crippen LogP) is 2.53. The molecule has 0 saturated carbocycles. The number of rotatable bonds is 4. The first-order valence-corrected chi connectivity index (χ1v) is 7.66. The number of amides is 3. The minimum absolute atomic E-state index is 0.0706. The number of nitrogens with two attached hydrogens (primary N) is 1. The zero-order chi connectivity index (χ0) is 19.3. The van der Waals surface area contributed by atoms with Crippen molar-refractivity contribution in [3.05, 3.63) is 58.9 Å². The standard InChI is InChI=1S/C18H18FN3O4/c1-10-3-5-13(7-11(10)2)21-18(25)22-16(23)9-26-17(24)14-6-4-12(19)8-15(14)20/h3-8H,9,20H2,1-2H3,(H2,21,22,23,25). The molecule has 0 aliphatic rings. The van der Waals surface area contributed by atoms with Crippen LogP contribution in [0.5, 0.6) is 0 Å². The van der Waals surface area contributed by atoms with Crippen LogP contribution in [0.1, 0.15) is 21.5 Å². The van der Waals surface area contributed by atoms with Gasteiger partial charge < -0.3 is 15.8 Å². The summed E-state index contributed by atoms with van der Waals surface area (Å²) < 4.78 is 17.7. The summed E-state index contributed by atoms with van der Waals surface area (Å²) in [6.45, 7) is 3.14. The third kappa shape index (κ3) is 5.04. The van der Waals surface area contributed by atoms with Gasteiger partial charge in [0.2, 0.25) is 0 Å². The van der Waals surface area contributed by atoms with Gasteiger partial charge in [0.05, 0.1) is 5.56 Å². The summed E-state index contributed by atoms with van der Waals surface area (Å²) >= 11 is 0. The molecule has 7 nitrogen and oxygen atoms in total. The Bertz CT molecular complexity index is 868. The normalized spacial score (nSPS) is 10.1. The maximum Gasteiger partial charge on any atom is 0.340 e. The first-order chi connectivity index (χ1) is 12.3. The number of ether oxygens (including phenoxy) is 1. The van der Waals surface area contributed by atoms with E-state index in [1.165, 1.54) is 0 Å². The van der Waals surface area contributed by atoms with Crippen LogP contribution in [-0.4, -0.2) is 24.5 Å². The van der Waals surface area contributed by atoms with Crippen molar-refractivity contribution in [3.63, 3.8) is 0 Å². The highest BCUT2D eigenvalue weighted by Gasteiger charge is 2.15. The Kier molecular flexibility index (Phi) is 5.90. The predicted molar refractivity (Wildman–Crippen MR) is 94.2 cm³/mol. The van der Waals surface area contributed by atoms with Crippen molar-refractivity contribution >= 4 is 29.3 Å². The van der Waals surface area contributed by atoms with Crippen molar-refractivity contribution in [2.24, 2.45) is 0 Å². The molecule has 2 rings (SSSR count). The molecular formula is C18H18FN3O4. The molecule has 0 aliphatic heterocycles. The van der Waals surface area contributed by atoms with Crippen molar-refractivity contribution in [2.45, 2.75) is 13.8 Å². The van der Waals surface area contributed by atoms with Crippen LogP contribution in [0.25, 0.3) is 0 Å². The zero-order valence-corrected chi connectivity index (χ0v) is 14.3. The molecule has 136 valence electrons. The number of esters is 1. The Morgan fingerprint density at radius 3 is 2.46 bits per heavy atom. The molecule has 4 N–H and O–H groups in total. The summed E-state index contributed by atoms with van der Waals surface area (Å²) in [4.78, 5) is 35.3. The number of hydrogen-bond donors (Lipinski definition) is 3. The third-order valence-electron chi connectivity index (χ3n) is 3.59. The van der Waals surface area contributed by atoms with Crippen LogP contribution in [-0.2, 0) is 9.53 Å². The van der Waals surface area contributed by atoms with Gasteiger partial charge in [-0.15, -0.1) is 0 Å². The van der Waals surface area contributed by atoms with Crippen molar-refractivity contribution < 1.29 is 23.5 Å². The van der Waals surface area contributed by atoms with Gasteiger partial charge >= 0.3 is 12.0 Å². The maximum atomic E-state index is 13.0. The number of carbonyl (C=O) groups excluding carboxylic acids is 3. The number of halogens is 1. The number of carbonyl (C=O) groups is 3. The number of benzene rings is 2. The molecule has 0 unspecified atom stereocenters. The second kappa shape index (κ2) is 8.11. The Labute approximate surface area is 149 Å². The number of nitrogens with one attached hydrogen (secondary N) is 2. The summed E-state index contributed by atoms with van der Waals surface area (Å²) in [7, 11) is 0. The van der Waals surface area contributed by atoms with E-state index in [9.17, 15) is 18.8 Å². The Hall–Kier alpha value is -3.42. The molecule has 26 heavy (non-hydrogen) atoms. The smallest absolute Gasteiger partial charge is 0.340 e. The molecule has 0 heterocycles. The lowest BCUT2D eigenvalue weighted by atomic mass is 10.1. The van der Waals surface area contributed by atoms with Crippen LogP contribution in [0.3, 0.4) is 0 Å². The molecule has 3 amide bonds. The summed E-state index contributed by atoms with van der Waals surface area (Å²) in [5.74, 6) is -2.31. The molecule has 2 aromatic carbocycles. The molecule has 0 bridgehead atoms. The number of hydrogen-bond acceptors (Lipinski definition) is 5. The van der Waals surface area contributed by atoms with Crippen molar-refractivity contribution in [2.75, 3.05) is 17.7 Å². The Morgan fingerprint density at radius 2 is 1.81 bits per heavy atom. The van der Waals surface area contributed by atoms with Gasteiger partial charge in [-0.1, -0.05) is 6.07 Å². The molecule has 0 saturated heterocycles. The molecule has 0 radical (unpaired) electrons. The van der Waals surface area contributed by atoms with Crippen LogP contribution < -0.4 is 16.4 Å². The van der Waals surface area contributed by atoms with Gasteiger partial charge in [0.1, 0.15) is 5.82 Å². The molecule has 8 heteroatoms. The summed E-state index contributed by atoms with van der Waals surface area (Å²) in [6, 6.07) is 7.70. The second-order valence-electron chi connectivity index (χ2n) is 5.61. The third-order valence-corrected chi connectivity index (χ3v) is 3.59. The molecule has 0 spiro atoms. The van der Waals surface area contributed by atoms with Gasteiger partial charge in [0.15, 0.2) is 6.61 Å². The average Bonchev–Trinajstić information content (AvgIpc) is 2.56. The number of nitrogen functional groups attached to an aromatic ring is 1. The van der Waals surface area contributed by atoms with E-state index in [2.05, 4.69) is 5.32 Å². The van der Waals surface area contributed by atoms with Gasteiger partial charge in [-0.3, -0.25) is 10.1 Å². The highest BCUT2D eigenvalue weighted by atomic mass is 19.1. The fourth-order valence-electron chi connectivity index (χ4n) is 2.07. The van der Waals surface area contributed by atoms with E-state index in [1.807, 2.05) is 25.2 Å². The zero-order valence-electron chi connectivity index (χ0n) is 14.3. The van der Waals surface area contributed by atoms with Gasteiger partial charge in [-0.25, -0.2) is 14.0 Å². The second-order valence-corrected chi connectivity index (χ2v) is 5.61. The number of aryl methyl sites for hydroxylation is 2. The van der Waals surface area contributed by atoms with E-state index in [0.29, 0.717) is 5.69 Å². The van der Waals surface area contributed by atoms with E-state index >= 15 is 0 Å². The molecular weight excluding hydrogens is 341 g/mol. The SMILES string of the molecule is Cc1ccc(NC(=O)NC(=O)COC(=O)c2ccc(F)cc2N)cc1C. The minimum Gasteiger partial charge on any atom is -0.452 e. The first kappa shape index (κ1) is 18.9. The largest absolute Gasteiger partial charge is 0.452 e. The van der Waals surface area contributed by atoms with Gasteiger partial charge in [-0.2, -0.15) is 0 Å². The average molecular weight is 359 g/mol. The number of imide groups is 1. The fraction of sp³-hybridized carbons (Fsp3) is 0.167. The monoisotopic (exact) mass is 359 g/mol. The maximum absolute atomic E-state index is 13.0. The molecule has 2 aromatic rings. The summed E-state index contributed by atoms with van der Waals surface area (Å²) in [5, 5.41) is 4.54. The van der Waals surface area contributed by atoms with Gasteiger partial charge in [0.25, 0.3) is 5.91 Å². The summed E-state index contributed by atoms with van der Waals surface area (Å²) in [6.07, 6.45) is 0. The van der Waals surface area contributed by atoms with Gasteiger partial charge in [0, 0.05) is 11.4 Å². The van der Waals surface area contributed by atoms with E-state index < -0.39 is 30.3 Å². The quantitative estimate of drug-likeness (QED) is 0.574. The van der Waals surface area contributed by atoms with Crippen LogP contribution in [0.4, 0.5) is 20.6 Å². The van der Waals surface area contributed by atoms with Crippen molar-refractivity contribution in [1.82, 2.24) is 5.32 Å². The highest BCUT2D eigenvalue weighted by Crippen LogP contribution is 2.15. The van der Waals surface area contributed by atoms with Crippen LogP contribution in [0.15, 0.2) is 36.4 Å². The van der Waals surface area contributed by atoms with Crippen molar-refractivity contribution in [3.8, 4) is 0 Å². The first-order valence-electron chi connectivity index (χ1n) is 7.66. The lowest BCUT2D eigenvalue weighted by molar-refractivity contribution is -0.123. The van der Waals surface area contributed by atoms with E-state index in [-0.39, 0.29) is 11.3 Å². The van der Waals surface area contributed by atoms with Crippen molar-refractivity contribution in [1.29, 1.82) is 0 Å².